The molecule has 0 amide bonds. The molecule has 0 heterocycles. The van der Waals surface area contributed by atoms with Crippen LogP contribution in [0.5, 0.6) is 0 Å². The van der Waals surface area contributed by atoms with Gasteiger partial charge in [0.05, 0.1) is 0 Å². The van der Waals surface area contributed by atoms with Crippen LogP contribution in [0.2, 0.25) is 0 Å². The second-order valence-electron chi connectivity index (χ2n) is 3.94. The summed E-state index contributed by atoms with van der Waals surface area (Å²) >= 11 is 3.58. The van der Waals surface area contributed by atoms with Crippen molar-refractivity contribution in [1.29, 1.82) is 0 Å². The summed E-state index contributed by atoms with van der Waals surface area (Å²) in [4.78, 5) is 0. The molecule has 0 bridgehead atoms. The van der Waals surface area contributed by atoms with Gasteiger partial charge in [-0.1, -0.05) is 41.1 Å². The van der Waals surface area contributed by atoms with Gasteiger partial charge < -0.3 is 11.1 Å². The van der Waals surface area contributed by atoms with Gasteiger partial charge in [-0.25, -0.2) is 0 Å². The van der Waals surface area contributed by atoms with Crippen molar-refractivity contribution in [3.05, 3.63) is 34.3 Å². The summed E-state index contributed by atoms with van der Waals surface area (Å²) in [6.07, 6.45) is 1.07. The number of rotatable bonds is 5. The van der Waals surface area contributed by atoms with E-state index < -0.39 is 0 Å². The van der Waals surface area contributed by atoms with E-state index in [0.717, 1.165) is 17.4 Å². The van der Waals surface area contributed by atoms with Crippen molar-refractivity contribution in [3.63, 3.8) is 0 Å². The van der Waals surface area contributed by atoms with Gasteiger partial charge in [0.15, 0.2) is 0 Å². The molecule has 0 aromatic heterocycles. The van der Waals surface area contributed by atoms with Crippen LogP contribution in [0.1, 0.15) is 24.9 Å². The van der Waals surface area contributed by atoms with Crippen molar-refractivity contribution in [2.75, 3.05) is 13.6 Å². The van der Waals surface area contributed by atoms with Gasteiger partial charge in [0, 0.05) is 10.5 Å². The summed E-state index contributed by atoms with van der Waals surface area (Å²) in [7, 11) is 1.99. The molecule has 0 spiro atoms. The summed E-state index contributed by atoms with van der Waals surface area (Å²) in [6.45, 7) is 2.92. The molecule has 15 heavy (non-hydrogen) atoms. The summed E-state index contributed by atoms with van der Waals surface area (Å²) in [5, 5.41) is 3.34. The monoisotopic (exact) mass is 270 g/mol. The Morgan fingerprint density at radius 3 is 2.60 bits per heavy atom. The van der Waals surface area contributed by atoms with Gasteiger partial charge in [-0.2, -0.15) is 0 Å². The summed E-state index contributed by atoms with van der Waals surface area (Å²) < 4.78 is 1.16. The minimum absolute atomic E-state index is 0.374. The molecule has 0 radical (unpaired) electrons. The number of nitrogens with one attached hydrogen (secondary N) is 1. The van der Waals surface area contributed by atoms with Crippen molar-refractivity contribution in [1.82, 2.24) is 5.32 Å². The first-order valence-electron chi connectivity index (χ1n) is 5.30. The van der Waals surface area contributed by atoms with Crippen LogP contribution in [0.4, 0.5) is 0 Å². The largest absolute Gasteiger partial charge is 0.330 e. The Bertz CT molecular complexity index is 301. The van der Waals surface area contributed by atoms with E-state index in [1.54, 1.807) is 0 Å². The highest BCUT2D eigenvalue weighted by Crippen LogP contribution is 2.27. The molecule has 0 saturated carbocycles. The predicted molar refractivity (Wildman–Crippen MR) is 68.8 cm³/mol. The fourth-order valence-corrected chi connectivity index (χ4v) is 2.22. The van der Waals surface area contributed by atoms with Crippen LogP contribution in [-0.4, -0.2) is 13.6 Å². The first-order valence-corrected chi connectivity index (χ1v) is 6.10. The lowest BCUT2D eigenvalue weighted by Crippen LogP contribution is -2.22. The second kappa shape index (κ2) is 6.26. The molecular weight excluding hydrogens is 252 g/mol. The molecule has 1 aromatic rings. The topological polar surface area (TPSA) is 38.0 Å². The third kappa shape index (κ3) is 3.59. The predicted octanol–water partition coefficient (Wildman–Crippen LogP) is 2.69. The Kier molecular flexibility index (Phi) is 5.29. The Hall–Kier alpha value is -0.380. The van der Waals surface area contributed by atoms with Crippen LogP contribution in [0.15, 0.2) is 28.7 Å². The zero-order valence-electron chi connectivity index (χ0n) is 9.33. The average Bonchev–Trinajstić information content (AvgIpc) is 2.26. The van der Waals surface area contributed by atoms with Gasteiger partial charge in [-0.3, -0.25) is 0 Å². The van der Waals surface area contributed by atoms with E-state index in [2.05, 4.69) is 46.4 Å². The van der Waals surface area contributed by atoms with Crippen LogP contribution >= 0.6 is 15.9 Å². The van der Waals surface area contributed by atoms with Gasteiger partial charge in [0.25, 0.3) is 0 Å². The molecule has 1 rings (SSSR count). The smallest absolute Gasteiger partial charge is 0.0331 e. The second-order valence-corrected chi connectivity index (χ2v) is 4.79. The lowest BCUT2D eigenvalue weighted by atomic mass is 9.96. The van der Waals surface area contributed by atoms with Crippen LogP contribution < -0.4 is 11.1 Å². The molecule has 2 unspecified atom stereocenters. The van der Waals surface area contributed by atoms with Gasteiger partial charge in [0.2, 0.25) is 0 Å². The first-order chi connectivity index (χ1) is 7.19. The molecule has 3 heteroatoms. The average molecular weight is 271 g/mol. The summed E-state index contributed by atoms with van der Waals surface area (Å²) in [5.74, 6) is 0.537. The van der Waals surface area contributed by atoms with Crippen LogP contribution in [-0.2, 0) is 0 Å². The van der Waals surface area contributed by atoms with Gasteiger partial charge >= 0.3 is 0 Å². The van der Waals surface area contributed by atoms with Crippen molar-refractivity contribution in [2.24, 2.45) is 11.7 Å². The number of halogens is 1. The van der Waals surface area contributed by atoms with Crippen molar-refractivity contribution < 1.29 is 0 Å². The molecule has 0 aliphatic carbocycles. The van der Waals surface area contributed by atoms with E-state index in [-0.39, 0.29) is 0 Å². The Morgan fingerprint density at radius 2 is 2.07 bits per heavy atom. The molecule has 2 nitrogen and oxygen atoms in total. The molecule has 2 atom stereocenters. The third-order valence-corrected chi connectivity index (χ3v) is 3.39. The highest BCUT2D eigenvalue weighted by molar-refractivity contribution is 9.10. The quantitative estimate of drug-likeness (QED) is 0.864. The van der Waals surface area contributed by atoms with E-state index in [1.807, 2.05) is 13.1 Å². The van der Waals surface area contributed by atoms with Gasteiger partial charge in [0.1, 0.15) is 0 Å². The number of hydrogen-bond acceptors (Lipinski definition) is 2. The molecule has 0 fully saturated rings. The molecule has 0 saturated heterocycles. The third-order valence-electron chi connectivity index (χ3n) is 2.67. The molecular formula is C12H19BrN2. The SMILES string of the molecule is CNC(CC(C)CN)c1ccccc1Br. The van der Waals surface area contributed by atoms with Crippen LogP contribution in [0, 0.1) is 5.92 Å². The molecule has 3 N–H and O–H groups in total. The van der Waals surface area contributed by atoms with E-state index in [1.165, 1.54) is 5.56 Å². The molecule has 84 valence electrons. The molecule has 0 aliphatic rings. The van der Waals surface area contributed by atoms with E-state index in [4.69, 9.17) is 5.73 Å². The van der Waals surface area contributed by atoms with E-state index >= 15 is 0 Å². The lowest BCUT2D eigenvalue weighted by molar-refractivity contribution is 0.437. The Balaban J connectivity index is 2.78. The molecule has 1 aromatic carbocycles. The van der Waals surface area contributed by atoms with E-state index in [9.17, 15) is 0 Å². The highest BCUT2D eigenvalue weighted by Gasteiger charge is 2.14. The Labute approximate surface area is 100 Å². The maximum Gasteiger partial charge on any atom is 0.0331 e. The maximum absolute atomic E-state index is 5.65. The highest BCUT2D eigenvalue weighted by atomic mass is 79.9. The van der Waals surface area contributed by atoms with Crippen molar-refractivity contribution in [3.8, 4) is 0 Å². The minimum atomic E-state index is 0.374. The van der Waals surface area contributed by atoms with E-state index in [0.29, 0.717) is 12.0 Å². The van der Waals surface area contributed by atoms with Crippen LogP contribution in [0.3, 0.4) is 0 Å². The fraction of sp³-hybridized carbons (Fsp3) is 0.500. The van der Waals surface area contributed by atoms with Crippen molar-refractivity contribution >= 4 is 15.9 Å². The number of nitrogens with two attached hydrogens (primary N) is 1. The maximum atomic E-state index is 5.65. The van der Waals surface area contributed by atoms with Gasteiger partial charge in [-0.15, -0.1) is 0 Å². The zero-order chi connectivity index (χ0) is 11.3. The zero-order valence-corrected chi connectivity index (χ0v) is 10.9. The summed E-state index contributed by atoms with van der Waals surface area (Å²) in [6, 6.07) is 8.70. The lowest BCUT2D eigenvalue weighted by Gasteiger charge is -2.21. The normalized spacial score (nSPS) is 14.9. The fourth-order valence-electron chi connectivity index (χ4n) is 1.66. The standard InChI is InChI=1S/C12H19BrN2/c1-9(8-14)7-12(15-2)10-5-3-4-6-11(10)13/h3-6,9,12,15H,7-8,14H2,1-2H3. The van der Waals surface area contributed by atoms with Crippen molar-refractivity contribution in [2.45, 2.75) is 19.4 Å². The minimum Gasteiger partial charge on any atom is -0.330 e. The van der Waals surface area contributed by atoms with Gasteiger partial charge in [-0.05, 0) is 37.6 Å². The number of benzene rings is 1. The summed E-state index contributed by atoms with van der Waals surface area (Å²) in [5.41, 5.74) is 6.96. The number of hydrogen-bond donors (Lipinski definition) is 2. The first kappa shape index (κ1) is 12.7. The van der Waals surface area contributed by atoms with Crippen LogP contribution in [0.25, 0.3) is 0 Å². The Morgan fingerprint density at radius 1 is 1.40 bits per heavy atom. The molecule has 0 aliphatic heterocycles.